The second-order valence-electron chi connectivity index (χ2n) is 4.21. The normalized spacial score (nSPS) is 10.9. The van der Waals surface area contributed by atoms with Crippen LogP contribution in [0.4, 0.5) is 5.69 Å². The molecule has 108 valence electrons. The molecule has 0 bridgehead atoms. The summed E-state index contributed by atoms with van der Waals surface area (Å²) in [5, 5.41) is 9.22. The molecule has 0 saturated carbocycles. The Morgan fingerprint density at radius 3 is 2.38 bits per heavy atom. The first-order chi connectivity index (χ1) is 9.92. The van der Waals surface area contributed by atoms with Gasteiger partial charge in [-0.3, -0.25) is 4.72 Å². The van der Waals surface area contributed by atoms with Gasteiger partial charge in [0.1, 0.15) is 0 Å². The van der Waals surface area contributed by atoms with Gasteiger partial charge >= 0.3 is 0 Å². The second kappa shape index (κ2) is 6.35. The number of nitrogens with zero attached hydrogens (tertiary/aromatic N) is 1. The number of benzene rings is 2. The first-order valence-corrected chi connectivity index (χ1v) is 8.10. The van der Waals surface area contributed by atoms with Gasteiger partial charge in [-0.15, -0.1) is 0 Å². The minimum Gasteiger partial charge on any atom is -0.278 e. The van der Waals surface area contributed by atoms with Crippen LogP contribution >= 0.6 is 23.2 Å². The minimum absolute atomic E-state index is 0.0835. The summed E-state index contributed by atoms with van der Waals surface area (Å²) < 4.78 is 26.9. The lowest BCUT2D eigenvalue weighted by Gasteiger charge is -2.10. The lowest BCUT2D eigenvalue weighted by Crippen LogP contribution is -2.13. The molecule has 0 amide bonds. The highest BCUT2D eigenvalue weighted by Gasteiger charge is 2.15. The number of nitriles is 1. The molecule has 0 radical (unpaired) electrons. The fourth-order valence-corrected chi connectivity index (χ4v) is 3.12. The molecule has 4 nitrogen and oxygen atoms in total. The van der Waals surface area contributed by atoms with Crippen molar-refractivity contribution in [2.45, 2.75) is 11.3 Å². The van der Waals surface area contributed by atoms with Gasteiger partial charge in [-0.1, -0.05) is 35.3 Å². The van der Waals surface area contributed by atoms with E-state index in [4.69, 9.17) is 28.5 Å². The molecule has 7 heteroatoms. The third-order valence-corrected chi connectivity index (χ3v) is 4.64. The zero-order valence-electron chi connectivity index (χ0n) is 10.7. The van der Waals surface area contributed by atoms with Gasteiger partial charge in [-0.25, -0.2) is 8.42 Å². The smallest absolute Gasteiger partial charge is 0.261 e. The van der Waals surface area contributed by atoms with Crippen LogP contribution in [-0.4, -0.2) is 8.42 Å². The Labute approximate surface area is 133 Å². The molecule has 1 N–H and O–H groups in total. The lowest BCUT2D eigenvalue weighted by molar-refractivity contribution is 0.601. The van der Waals surface area contributed by atoms with E-state index in [1.54, 1.807) is 18.2 Å². The maximum absolute atomic E-state index is 12.3. The van der Waals surface area contributed by atoms with Crippen molar-refractivity contribution in [2.75, 3.05) is 4.72 Å². The molecule has 2 aromatic rings. The van der Waals surface area contributed by atoms with E-state index in [1.165, 1.54) is 24.3 Å². The van der Waals surface area contributed by atoms with Crippen molar-refractivity contribution in [2.24, 2.45) is 0 Å². The van der Waals surface area contributed by atoms with Gasteiger partial charge in [0.25, 0.3) is 10.0 Å². The van der Waals surface area contributed by atoms with Gasteiger partial charge in [-0.05, 0) is 35.9 Å². The second-order valence-corrected chi connectivity index (χ2v) is 6.73. The number of rotatable bonds is 4. The van der Waals surface area contributed by atoms with Crippen LogP contribution in [0.15, 0.2) is 47.4 Å². The predicted molar refractivity (Wildman–Crippen MR) is 83.0 cm³/mol. The van der Waals surface area contributed by atoms with E-state index in [-0.39, 0.29) is 22.0 Å². The Balaban J connectivity index is 2.30. The van der Waals surface area contributed by atoms with Crippen molar-refractivity contribution in [1.29, 1.82) is 5.26 Å². The van der Waals surface area contributed by atoms with E-state index in [9.17, 15) is 8.42 Å². The summed E-state index contributed by atoms with van der Waals surface area (Å²) in [5.74, 6) is 0. The number of anilines is 1. The zero-order valence-corrected chi connectivity index (χ0v) is 13.0. The number of halogens is 2. The molecule has 0 atom stereocenters. The maximum atomic E-state index is 12.3. The van der Waals surface area contributed by atoms with E-state index < -0.39 is 10.0 Å². The highest BCUT2D eigenvalue weighted by Crippen LogP contribution is 2.27. The third-order valence-electron chi connectivity index (χ3n) is 2.69. The van der Waals surface area contributed by atoms with Gasteiger partial charge in [0.15, 0.2) is 0 Å². The van der Waals surface area contributed by atoms with Crippen LogP contribution in [0.3, 0.4) is 0 Å². The molecule has 0 aliphatic heterocycles. The highest BCUT2D eigenvalue weighted by atomic mass is 35.5. The number of hydrogen-bond donors (Lipinski definition) is 1. The Morgan fingerprint density at radius 1 is 1.10 bits per heavy atom. The summed E-state index contributed by atoms with van der Waals surface area (Å²) >= 11 is 11.8. The number of hydrogen-bond acceptors (Lipinski definition) is 3. The van der Waals surface area contributed by atoms with E-state index in [0.717, 1.165) is 5.56 Å². The van der Waals surface area contributed by atoms with Crippen molar-refractivity contribution in [3.05, 3.63) is 58.1 Å². The average molecular weight is 341 g/mol. The molecule has 0 aromatic heterocycles. The number of nitrogens with one attached hydrogen (secondary N) is 1. The molecule has 0 unspecified atom stereocenters. The molecule has 2 rings (SSSR count). The van der Waals surface area contributed by atoms with Crippen molar-refractivity contribution in [1.82, 2.24) is 0 Å². The maximum Gasteiger partial charge on any atom is 0.261 e. The van der Waals surface area contributed by atoms with Crippen LogP contribution in [0.2, 0.25) is 10.0 Å². The average Bonchev–Trinajstić information content (AvgIpc) is 2.44. The van der Waals surface area contributed by atoms with Gasteiger partial charge in [0, 0.05) is 5.02 Å². The molecule has 0 spiro atoms. The highest BCUT2D eigenvalue weighted by molar-refractivity contribution is 7.92. The summed E-state index contributed by atoms with van der Waals surface area (Å²) in [4.78, 5) is 0.0835. The Morgan fingerprint density at radius 2 is 1.76 bits per heavy atom. The molecule has 0 aliphatic carbocycles. The first kappa shape index (κ1) is 15.6. The van der Waals surface area contributed by atoms with E-state index in [1.807, 2.05) is 6.07 Å². The minimum atomic E-state index is -3.76. The molecule has 21 heavy (non-hydrogen) atoms. The summed E-state index contributed by atoms with van der Waals surface area (Å²) in [7, 11) is -3.76. The molecule has 0 aliphatic rings. The van der Waals surface area contributed by atoms with Gasteiger partial charge < -0.3 is 0 Å². The fraction of sp³-hybridized carbons (Fsp3) is 0.0714. The van der Waals surface area contributed by atoms with Crippen molar-refractivity contribution in [3.63, 3.8) is 0 Å². The van der Waals surface area contributed by atoms with Crippen LogP contribution in [0.1, 0.15) is 5.56 Å². The standard InChI is InChI=1S/C14H10Cl2N2O2S/c15-11-3-6-13(16)14(9-11)18-21(19,20)12-4-1-10(2-5-12)7-8-17/h1-6,9,18H,7H2. The van der Waals surface area contributed by atoms with E-state index in [0.29, 0.717) is 5.02 Å². The zero-order chi connectivity index (χ0) is 15.5. The van der Waals surface area contributed by atoms with Gasteiger partial charge in [-0.2, -0.15) is 5.26 Å². The largest absolute Gasteiger partial charge is 0.278 e. The molecule has 2 aromatic carbocycles. The number of sulfonamides is 1. The van der Waals surface area contributed by atoms with Crippen LogP contribution in [-0.2, 0) is 16.4 Å². The monoisotopic (exact) mass is 340 g/mol. The topological polar surface area (TPSA) is 70.0 Å². The molecule has 0 saturated heterocycles. The van der Waals surface area contributed by atoms with Crippen LogP contribution in [0, 0.1) is 11.3 Å². The van der Waals surface area contributed by atoms with E-state index in [2.05, 4.69) is 4.72 Å². The Kier molecular flexibility index (Phi) is 4.73. The van der Waals surface area contributed by atoms with Crippen molar-refractivity contribution in [3.8, 4) is 6.07 Å². The Hall–Kier alpha value is -1.74. The van der Waals surface area contributed by atoms with Crippen LogP contribution in [0.25, 0.3) is 0 Å². The lowest BCUT2D eigenvalue weighted by atomic mass is 10.2. The van der Waals surface area contributed by atoms with Crippen LogP contribution < -0.4 is 4.72 Å². The van der Waals surface area contributed by atoms with Gasteiger partial charge in [0.2, 0.25) is 0 Å². The molecule has 0 heterocycles. The molecule has 0 fully saturated rings. The predicted octanol–water partition coefficient (Wildman–Crippen LogP) is 3.86. The molecular weight excluding hydrogens is 331 g/mol. The quantitative estimate of drug-likeness (QED) is 0.918. The molecular formula is C14H10Cl2N2O2S. The van der Waals surface area contributed by atoms with E-state index >= 15 is 0 Å². The Bertz CT molecular complexity index is 797. The summed E-state index contributed by atoms with van der Waals surface area (Å²) in [6.45, 7) is 0. The summed E-state index contributed by atoms with van der Waals surface area (Å²) in [6, 6.07) is 12.6. The van der Waals surface area contributed by atoms with Crippen molar-refractivity contribution >= 4 is 38.9 Å². The fourth-order valence-electron chi connectivity index (χ4n) is 1.66. The third kappa shape index (κ3) is 3.88. The van der Waals surface area contributed by atoms with Crippen molar-refractivity contribution < 1.29 is 8.42 Å². The van der Waals surface area contributed by atoms with Gasteiger partial charge in [0.05, 0.1) is 28.1 Å². The first-order valence-electron chi connectivity index (χ1n) is 5.86. The SMILES string of the molecule is N#CCc1ccc(S(=O)(=O)Nc2cc(Cl)ccc2Cl)cc1. The summed E-state index contributed by atoms with van der Waals surface area (Å²) in [5.41, 5.74) is 0.961. The van der Waals surface area contributed by atoms with Crippen LogP contribution in [0.5, 0.6) is 0 Å². The summed E-state index contributed by atoms with van der Waals surface area (Å²) in [6.07, 6.45) is 0.230.